The van der Waals surface area contributed by atoms with Crippen molar-refractivity contribution >= 4 is 16.7 Å². The minimum atomic E-state index is -0.0659. The van der Waals surface area contributed by atoms with Gasteiger partial charge in [0.2, 0.25) is 0 Å². The van der Waals surface area contributed by atoms with Gasteiger partial charge in [-0.15, -0.1) is 0 Å². The van der Waals surface area contributed by atoms with E-state index in [-0.39, 0.29) is 12.3 Å². The lowest BCUT2D eigenvalue weighted by Crippen LogP contribution is -2.44. The van der Waals surface area contributed by atoms with Gasteiger partial charge in [0.25, 0.3) is 0 Å². The molecule has 2 atom stereocenters. The molecule has 188 valence electrons. The molecular formula is C26H32N8O2. The number of morpholine rings is 1. The SMILES string of the molecule is C[C@@H]1COCCN1c1cc(-c2ccnn2C)nc2c(-c3ccnn3C3CCCCO3)nn(C3CC3)c12. The molecule has 0 spiro atoms. The number of fused-ring (bicyclic) bond motifs is 1. The summed E-state index contributed by atoms with van der Waals surface area (Å²) in [7, 11) is 1.96. The molecule has 0 radical (unpaired) electrons. The van der Waals surface area contributed by atoms with E-state index >= 15 is 0 Å². The monoisotopic (exact) mass is 488 g/mol. The van der Waals surface area contributed by atoms with Gasteiger partial charge in [0.1, 0.15) is 16.7 Å². The average molecular weight is 489 g/mol. The summed E-state index contributed by atoms with van der Waals surface area (Å²) in [5.74, 6) is 0. The van der Waals surface area contributed by atoms with E-state index < -0.39 is 0 Å². The van der Waals surface area contributed by atoms with Crippen molar-refractivity contribution in [3.63, 3.8) is 0 Å². The minimum absolute atomic E-state index is 0.0659. The zero-order valence-electron chi connectivity index (χ0n) is 20.9. The van der Waals surface area contributed by atoms with Gasteiger partial charge in [0.05, 0.1) is 42.0 Å². The van der Waals surface area contributed by atoms with Crippen molar-refractivity contribution in [1.82, 2.24) is 34.3 Å². The normalized spacial score (nSPS) is 23.0. The standard InChI is InChI=1S/C26H32N8O2/c1-17-16-35-14-12-32(17)22-15-19(20-8-10-27-31(20)2)29-25-24(30-33(26(22)25)18-6-7-18)21-9-11-28-34(21)23-5-3-4-13-36-23/h8-11,15,17-18,23H,3-7,12-14,16H2,1-2H3/t17-,23?/m1/s1. The first kappa shape index (κ1) is 22.0. The maximum atomic E-state index is 6.11. The van der Waals surface area contributed by atoms with Crippen LogP contribution in [-0.2, 0) is 16.5 Å². The van der Waals surface area contributed by atoms with Gasteiger partial charge in [-0.3, -0.25) is 9.36 Å². The molecule has 0 bridgehead atoms. The fourth-order valence-electron chi connectivity index (χ4n) is 5.58. The summed E-state index contributed by atoms with van der Waals surface area (Å²) >= 11 is 0. The van der Waals surface area contributed by atoms with E-state index in [9.17, 15) is 0 Å². The van der Waals surface area contributed by atoms with Crippen molar-refractivity contribution < 1.29 is 9.47 Å². The number of rotatable bonds is 5. The van der Waals surface area contributed by atoms with Gasteiger partial charge in [-0.2, -0.15) is 15.3 Å². The molecule has 3 fully saturated rings. The smallest absolute Gasteiger partial charge is 0.150 e. The van der Waals surface area contributed by atoms with Crippen molar-refractivity contribution in [1.29, 1.82) is 0 Å². The molecule has 0 N–H and O–H groups in total. The molecule has 3 aliphatic rings. The van der Waals surface area contributed by atoms with E-state index in [0.717, 1.165) is 84.8 Å². The Labute approximate surface area is 209 Å². The predicted molar refractivity (Wildman–Crippen MR) is 136 cm³/mol. The Morgan fingerprint density at radius 1 is 0.972 bits per heavy atom. The highest BCUT2D eigenvalue weighted by Gasteiger charge is 2.34. The van der Waals surface area contributed by atoms with E-state index in [1.165, 1.54) is 0 Å². The fraction of sp³-hybridized carbons (Fsp3) is 0.538. The van der Waals surface area contributed by atoms with Crippen LogP contribution in [0.3, 0.4) is 0 Å². The summed E-state index contributed by atoms with van der Waals surface area (Å²) in [4.78, 5) is 7.71. The van der Waals surface area contributed by atoms with Crippen molar-refractivity contribution in [3.05, 3.63) is 30.6 Å². The molecule has 0 amide bonds. The molecular weight excluding hydrogens is 456 g/mol. The zero-order valence-corrected chi connectivity index (χ0v) is 20.9. The summed E-state index contributed by atoms with van der Waals surface area (Å²) < 4.78 is 18.0. The number of ether oxygens (including phenoxy) is 2. The topological polar surface area (TPSA) is 88.1 Å². The number of aromatic nitrogens is 7. The Kier molecular flexibility index (Phi) is 5.32. The van der Waals surface area contributed by atoms with Crippen molar-refractivity contribution in [2.24, 2.45) is 7.05 Å². The third-order valence-electron chi connectivity index (χ3n) is 7.63. The molecule has 1 saturated carbocycles. The lowest BCUT2D eigenvalue weighted by atomic mass is 10.1. The summed E-state index contributed by atoms with van der Waals surface area (Å²) in [6.45, 7) is 5.25. The zero-order chi connectivity index (χ0) is 24.2. The summed E-state index contributed by atoms with van der Waals surface area (Å²) in [5, 5.41) is 14.3. The van der Waals surface area contributed by atoms with Gasteiger partial charge >= 0.3 is 0 Å². The van der Waals surface area contributed by atoms with Crippen LogP contribution >= 0.6 is 0 Å². The summed E-state index contributed by atoms with van der Waals surface area (Å²) in [6.07, 6.45) is 9.09. The number of hydrogen-bond donors (Lipinski definition) is 0. The third-order valence-corrected chi connectivity index (χ3v) is 7.63. The quantitative estimate of drug-likeness (QED) is 0.420. The van der Waals surface area contributed by atoms with Gasteiger partial charge < -0.3 is 14.4 Å². The van der Waals surface area contributed by atoms with Crippen LogP contribution in [0.4, 0.5) is 5.69 Å². The lowest BCUT2D eigenvalue weighted by molar-refractivity contribution is -0.0384. The molecule has 1 aliphatic carbocycles. The Balaban J connectivity index is 1.48. The summed E-state index contributed by atoms with van der Waals surface area (Å²) in [6, 6.07) is 6.95. The lowest BCUT2D eigenvalue weighted by Gasteiger charge is -2.35. The Morgan fingerprint density at radius 3 is 2.58 bits per heavy atom. The molecule has 7 rings (SSSR count). The predicted octanol–water partition coefficient (Wildman–Crippen LogP) is 3.95. The number of anilines is 1. The van der Waals surface area contributed by atoms with E-state index in [1.54, 1.807) is 0 Å². The number of aryl methyl sites for hydroxylation is 1. The second-order valence-electron chi connectivity index (χ2n) is 10.2. The van der Waals surface area contributed by atoms with Crippen molar-refractivity contribution in [3.8, 4) is 22.8 Å². The average Bonchev–Trinajstić information content (AvgIpc) is 3.29. The van der Waals surface area contributed by atoms with Crippen LogP contribution in [0.15, 0.2) is 30.6 Å². The molecule has 6 heterocycles. The molecule has 4 aromatic rings. The van der Waals surface area contributed by atoms with Crippen LogP contribution in [0, 0.1) is 0 Å². The van der Waals surface area contributed by atoms with Gasteiger partial charge in [-0.05, 0) is 57.2 Å². The first-order chi connectivity index (χ1) is 17.7. The van der Waals surface area contributed by atoms with Crippen LogP contribution < -0.4 is 4.90 Å². The molecule has 10 nitrogen and oxygen atoms in total. The van der Waals surface area contributed by atoms with Crippen LogP contribution in [0.1, 0.15) is 51.3 Å². The second-order valence-corrected chi connectivity index (χ2v) is 10.2. The van der Waals surface area contributed by atoms with Gasteiger partial charge in [-0.25, -0.2) is 9.67 Å². The Bertz CT molecular complexity index is 1390. The number of hydrogen-bond acceptors (Lipinski definition) is 7. The number of nitrogens with zero attached hydrogens (tertiary/aromatic N) is 8. The van der Waals surface area contributed by atoms with Crippen LogP contribution in [0.2, 0.25) is 0 Å². The molecule has 0 aromatic carbocycles. The number of pyridine rings is 1. The van der Waals surface area contributed by atoms with Crippen molar-refractivity contribution in [2.75, 3.05) is 31.3 Å². The first-order valence-electron chi connectivity index (χ1n) is 13.1. The third kappa shape index (κ3) is 3.62. The fourth-order valence-corrected chi connectivity index (χ4v) is 5.58. The molecule has 10 heteroatoms. The van der Waals surface area contributed by atoms with Gasteiger partial charge in [0.15, 0.2) is 6.23 Å². The van der Waals surface area contributed by atoms with Crippen molar-refractivity contribution in [2.45, 2.75) is 57.3 Å². The Morgan fingerprint density at radius 2 is 1.83 bits per heavy atom. The van der Waals surface area contributed by atoms with Gasteiger partial charge in [0, 0.05) is 38.6 Å². The first-order valence-corrected chi connectivity index (χ1v) is 13.1. The Hall–Kier alpha value is -3.24. The highest BCUT2D eigenvalue weighted by atomic mass is 16.5. The van der Waals surface area contributed by atoms with E-state index in [0.29, 0.717) is 19.3 Å². The highest BCUT2D eigenvalue weighted by molar-refractivity contribution is 5.99. The molecule has 2 saturated heterocycles. The maximum absolute atomic E-state index is 6.11. The second kappa shape index (κ2) is 8.70. The van der Waals surface area contributed by atoms with E-state index in [4.69, 9.17) is 19.6 Å². The van der Waals surface area contributed by atoms with Crippen LogP contribution in [-0.4, -0.2) is 66.7 Å². The molecule has 1 unspecified atom stereocenters. The molecule has 4 aromatic heterocycles. The van der Waals surface area contributed by atoms with Gasteiger partial charge in [-0.1, -0.05) is 0 Å². The summed E-state index contributed by atoms with van der Waals surface area (Å²) in [5.41, 5.74) is 6.88. The minimum Gasteiger partial charge on any atom is -0.377 e. The molecule has 2 aliphatic heterocycles. The van der Waals surface area contributed by atoms with E-state index in [2.05, 4.69) is 32.8 Å². The van der Waals surface area contributed by atoms with E-state index in [1.807, 2.05) is 40.9 Å². The van der Waals surface area contributed by atoms with Crippen LogP contribution in [0.5, 0.6) is 0 Å². The highest BCUT2D eigenvalue weighted by Crippen LogP contribution is 2.44. The maximum Gasteiger partial charge on any atom is 0.150 e. The van der Waals surface area contributed by atoms with Crippen LogP contribution in [0.25, 0.3) is 33.8 Å². The molecule has 36 heavy (non-hydrogen) atoms. The largest absolute Gasteiger partial charge is 0.377 e.